The molecule has 0 aliphatic heterocycles. The highest BCUT2D eigenvalue weighted by Gasteiger charge is 2.27. The molecule has 0 aliphatic rings. The quantitative estimate of drug-likeness (QED) is 0.651. The van der Waals surface area contributed by atoms with Crippen LogP contribution in [0.4, 0.5) is 5.69 Å². The number of nitro groups is 1. The fourth-order valence-electron chi connectivity index (χ4n) is 1.31. The lowest BCUT2D eigenvalue weighted by atomic mass is 10.3. The van der Waals surface area contributed by atoms with Crippen molar-refractivity contribution in [3.05, 3.63) is 33.3 Å². The van der Waals surface area contributed by atoms with E-state index >= 15 is 0 Å². The van der Waals surface area contributed by atoms with E-state index in [1.165, 1.54) is 20.0 Å². The smallest absolute Gasteiger partial charge is 0.289 e. The number of likely N-dealkylation sites (N-methyl/N-ethyl adjacent to an activating group) is 1. The molecule has 0 aromatic heterocycles. The molecule has 9 heteroatoms. The zero-order valence-corrected chi connectivity index (χ0v) is 11.8. The van der Waals surface area contributed by atoms with Crippen molar-refractivity contribution in [1.29, 1.82) is 0 Å². The topological polar surface area (TPSA) is 101 Å². The summed E-state index contributed by atoms with van der Waals surface area (Å²) in [7, 11) is -2.62. The summed E-state index contributed by atoms with van der Waals surface area (Å²) in [4.78, 5) is 9.74. The van der Waals surface area contributed by atoms with Crippen LogP contribution in [0.25, 0.3) is 0 Å². The lowest BCUT2D eigenvalue weighted by Gasteiger charge is -2.22. The van der Waals surface area contributed by atoms with Crippen LogP contribution in [0.3, 0.4) is 0 Å². The average molecular weight is 309 g/mol. The summed E-state index contributed by atoms with van der Waals surface area (Å²) in [5.41, 5.74) is -0.479. The maximum atomic E-state index is 12.2. The summed E-state index contributed by atoms with van der Waals surface area (Å²) < 4.78 is 25.3. The number of aliphatic hydroxyl groups is 1. The van der Waals surface area contributed by atoms with Crippen LogP contribution in [0, 0.1) is 10.1 Å². The van der Waals surface area contributed by atoms with Gasteiger partial charge in [0.25, 0.3) is 5.69 Å². The molecule has 0 bridgehead atoms. The van der Waals surface area contributed by atoms with E-state index in [1.807, 2.05) is 0 Å². The van der Waals surface area contributed by atoms with E-state index in [2.05, 4.69) is 0 Å². The van der Waals surface area contributed by atoms with Gasteiger partial charge in [-0.05, 0) is 19.1 Å². The normalized spacial score (nSPS) is 13.5. The third-order valence-corrected chi connectivity index (χ3v) is 4.96. The molecule has 1 rings (SSSR count). The van der Waals surface area contributed by atoms with Crippen LogP contribution < -0.4 is 0 Å². The first kappa shape index (κ1) is 15.8. The van der Waals surface area contributed by atoms with E-state index in [0.717, 1.165) is 16.4 Å². The van der Waals surface area contributed by atoms with Crippen molar-refractivity contribution in [1.82, 2.24) is 4.31 Å². The van der Waals surface area contributed by atoms with Crippen LogP contribution in [0.2, 0.25) is 5.02 Å². The minimum Gasteiger partial charge on any atom is -0.395 e. The van der Waals surface area contributed by atoms with Crippen LogP contribution in [-0.4, -0.2) is 42.4 Å². The van der Waals surface area contributed by atoms with Crippen LogP contribution in [0.5, 0.6) is 0 Å². The third-order valence-electron chi connectivity index (χ3n) is 2.68. The van der Waals surface area contributed by atoms with Gasteiger partial charge in [0.05, 0.1) is 16.4 Å². The Hall–Kier alpha value is -1.22. The summed E-state index contributed by atoms with van der Waals surface area (Å²) in [6, 6.07) is 2.60. The van der Waals surface area contributed by atoms with E-state index < -0.39 is 26.7 Å². The van der Waals surface area contributed by atoms with E-state index in [4.69, 9.17) is 16.7 Å². The largest absolute Gasteiger partial charge is 0.395 e. The zero-order valence-electron chi connectivity index (χ0n) is 10.3. The van der Waals surface area contributed by atoms with Crippen molar-refractivity contribution in [3.8, 4) is 0 Å². The summed E-state index contributed by atoms with van der Waals surface area (Å²) in [6.45, 7) is 1.16. The van der Waals surface area contributed by atoms with Gasteiger partial charge in [0.2, 0.25) is 10.0 Å². The fourth-order valence-corrected chi connectivity index (χ4v) is 2.87. The molecule has 0 amide bonds. The highest BCUT2D eigenvalue weighted by atomic mass is 35.5. The SMILES string of the molecule is CC(CO)N(C)S(=O)(=O)c1ccc(Cl)c([N+](=O)[O-])c1. The molecule has 0 saturated heterocycles. The van der Waals surface area contributed by atoms with Crippen LogP contribution >= 0.6 is 11.6 Å². The molecule has 7 nitrogen and oxygen atoms in total. The van der Waals surface area contributed by atoms with Gasteiger partial charge in [-0.2, -0.15) is 4.31 Å². The molecule has 1 aromatic rings. The second kappa shape index (κ2) is 5.83. The third kappa shape index (κ3) is 3.21. The molecule has 0 fully saturated rings. The molecule has 0 spiro atoms. The number of sulfonamides is 1. The zero-order chi connectivity index (χ0) is 14.8. The maximum Gasteiger partial charge on any atom is 0.289 e. The number of hydrogen-bond acceptors (Lipinski definition) is 5. The van der Waals surface area contributed by atoms with Gasteiger partial charge in [0, 0.05) is 19.2 Å². The van der Waals surface area contributed by atoms with Crippen molar-refractivity contribution in [3.63, 3.8) is 0 Å². The van der Waals surface area contributed by atoms with Crippen molar-refractivity contribution >= 4 is 27.3 Å². The number of hydrogen-bond donors (Lipinski definition) is 1. The van der Waals surface area contributed by atoms with E-state index in [0.29, 0.717) is 0 Å². The molecule has 1 unspecified atom stereocenters. The summed E-state index contributed by atoms with van der Waals surface area (Å²) in [5, 5.41) is 19.6. The first-order valence-corrected chi connectivity index (χ1v) is 7.06. The summed E-state index contributed by atoms with van der Waals surface area (Å²) in [6.07, 6.45) is 0. The highest BCUT2D eigenvalue weighted by molar-refractivity contribution is 7.89. The van der Waals surface area contributed by atoms with Gasteiger partial charge < -0.3 is 5.11 Å². The first-order chi connectivity index (χ1) is 8.71. The van der Waals surface area contributed by atoms with E-state index in [-0.39, 0.29) is 16.5 Å². The molecule has 0 radical (unpaired) electrons. The standard InChI is InChI=1S/C10H13ClN2O5S/c1-7(6-14)12(2)19(17,18)8-3-4-9(11)10(5-8)13(15)16/h3-5,7,14H,6H2,1-2H3. The second-order valence-electron chi connectivity index (χ2n) is 3.92. The molecule has 0 aliphatic carbocycles. The summed E-state index contributed by atoms with van der Waals surface area (Å²) >= 11 is 5.62. The number of nitrogens with zero attached hydrogens (tertiary/aromatic N) is 2. The molecule has 0 saturated carbocycles. The van der Waals surface area contributed by atoms with E-state index in [9.17, 15) is 18.5 Å². The number of rotatable bonds is 5. The van der Waals surface area contributed by atoms with E-state index in [1.54, 1.807) is 0 Å². The lowest BCUT2D eigenvalue weighted by molar-refractivity contribution is -0.384. The monoisotopic (exact) mass is 308 g/mol. The molecule has 19 heavy (non-hydrogen) atoms. The maximum absolute atomic E-state index is 12.2. The predicted octanol–water partition coefficient (Wildman–Crippen LogP) is 1.25. The Bertz CT molecular complexity index is 590. The number of benzene rings is 1. The van der Waals surface area contributed by atoms with Gasteiger partial charge in [-0.15, -0.1) is 0 Å². The Balaban J connectivity index is 3.30. The first-order valence-electron chi connectivity index (χ1n) is 5.24. The molecule has 0 heterocycles. The van der Waals surface area contributed by atoms with Crippen LogP contribution in [0.15, 0.2) is 23.1 Å². The van der Waals surface area contributed by atoms with Crippen molar-refractivity contribution in [2.24, 2.45) is 0 Å². The Morgan fingerprint density at radius 3 is 2.58 bits per heavy atom. The average Bonchev–Trinajstić information content (AvgIpc) is 2.36. The Morgan fingerprint density at radius 1 is 1.53 bits per heavy atom. The minimum atomic E-state index is -3.91. The van der Waals surface area contributed by atoms with Crippen molar-refractivity contribution < 1.29 is 18.4 Å². The Morgan fingerprint density at radius 2 is 2.11 bits per heavy atom. The molecular formula is C10H13ClN2O5S. The predicted molar refractivity (Wildman–Crippen MR) is 69.6 cm³/mol. The Kier molecular flexibility index (Phi) is 4.86. The van der Waals surface area contributed by atoms with Gasteiger partial charge in [-0.1, -0.05) is 11.6 Å². The van der Waals surface area contributed by atoms with Crippen molar-refractivity contribution in [2.75, 3.05) is 13.7 Å². The summed E-state index contributed by atoms with van der Waals surface area (Å²) in [5.74, 6) is 0. The molecule has 1 N–H and O–H groups in total. The highest BCUT2D eigenvalue weighted by Crippen LogP contribution is 2.28. The number of aliphatic hydroxyl groups excluding tert-OH is 1. The molecule has 1 atom stereocenters. The molecular weight excluding hydrogens is 296 g/mol. The van der Waals surface area contributed by atoms with Gasteiger partial charge in [0.15, 0.2) is 0 Å². The van der Waals surface area contributed by atoms with Crippen LogP contribution in [-0.2, 0) is 10.0 Å². The van der Waals surface area contributed by atoms with Gasteiger partial charge in [-0.25, -0.2) is 8.42 Å². The Labute approximate surface area is 115 Å². The lowest BCUT2D eigenvalue weighted by Crippen LogP contribution is -2.37. The number of halogens is 1. The van der Waals surface area contributed by atoms with Crippen LogP contribution in [0.1, 0.15) is 6.92 Å². The number of nitro benzene ring substituents is 1. The van der Waals surface area contributed by atoms with Gasteiger partial charge in [0.1, 0.15) is 5.02 Å². The second-order valence-corrected chi connectivity index (χ2v) is 6.33. The van der Waals surface area contributed by atoms with Gasteiger partial charge >= 0.3 is 0 Å². The van der Waals surface area contributed by atoms with Crippen molar-refractivity contribution in [2.45, 2.75) is 17.9 Å². The van der Waals surface area contributed by atoms with Gasteiger partial charge in [-0.3, -0.25) is 10.1 Å². The fraction of sp³-hybridized carbons (Fsp3) is 0.400. The molecule has 1 aromatic carbocycles. The minimum absolute atomic E-state index is 0.137. The molecule has 106 valence electrons.